The summed E-state index contributed by atoms with van der Waals surface area (Å²) >= 11 is 13.7. The zero-order chi connectivity index (χ0) is 13.1. The van der Waals surface area contributed by atoms with Gasteiger partial charge in [0.1, 0.15) is 11.3 Å². The third-order valence-electron chi connectivity index (χ3n) is 2.91. The number of aryl methyl sites for hydroxylation is 1. The molecule has 2 heterocycles. The molecule has 0 amide bonds. The average molecular weight is 304 g/mol. The number of thioether (sulfide) groups is 1. The molecule has 2 aromatic heterocycles. The van der Waals surface area contributed by atoms with Gasteiger partial charge in [0.05, 0.1) is 10.9 Å². The van der Waals surface area contributed by atoms with E-state index in [0.717, 1.165) is 30.0 Å². The molecule has 0 aromatic carbocycles. The summed E-state index contributed by atoms with van der Waals surface area (Å²) < 4.78 is 2.09. The fourth-order valence-corrected chi connectivity index (χ4v) is 2.50. The van der Waals surface area contributed by atoms with Gasteiger partial charge in [-0.05, 0) is 18.7 Å². The van der Waals surface area contributed by atoms with Gasteiger partial charge in [-0.2, -0.15) is 11.8 Å². The summed E-state index contributed by atoms with van der Waals surface area (Å²) in [5.41, 5.74) is 1.68. The van der Waals surface area contributed by atoms with E-state index >= 15 is 0 Å². The van der Waals surface area contributed by atoms with Crippen molar-refractivity contribution in [3.8, 4) is 0 Å². The molecule has 3 nitrogen and oxygen atoms in total. The molecule has 1 atom stereocenters. The lowest BCUT2D eigenvalue weighted by Gasteiger charge is -2.10. The number of pyridine rings is 1. The summed E-state index contributed by atoms with van der Waals surface area (Å²) in [6.07, 6.45) is 4.84. The smallest absolute Gasteiger partial charge is 0.160 e. The van der Waals surface area contributed by atoms with Crippen LogP contribution in [0.25, 0.3) is 11.2 Å². The van der Waals surface area contributed by atoms with Gasteiger partial charge in [0.2, 0.25) is 0 Å². The maximum absolute atomic E-state index is 5.94. The normalized spacial score (nSPS) is 13.1. The van der Waals surface area contributed by atoms with Gasteiger partial charge in [0.15, 0.2) is 5.65 Å². The molecule has 18 heavy (non-hydrogen) atoms. The van der Waals surface area contributed by atoms with E-state index in [1.807, 2.05) is 17.8 Å². The van der Waals surface area contributed by atoms with Crippen LogP contribution in [0.5, 0.6) is 0 Å². The van der Waals surface area contributed by atoms with Crippen molar-refractivity contribution in [1.82, 2.24) is 14.5 Å². The molecule has 0 fully saturated rings. The molecule has 0 aliphatic heterocycles. The minimum Gasteiger partial charge on any atom is -0.312 e. The molecule has 0 spiro atoms. The molecule has 98 valence electrons. The number of halogens is 2. The number of aromatic nitrogens is 3. The monoisotopic (exact) mass is 303 g/mol. The minimum atomic E-state index is 0.391. The highest BCUT2D eigenvalue weighted by molar-refractivity contribution is 7.99. The van der Waals surface area contributed by atoms with Crippen molar-refractivity contribution >= 4 is 46.1 Å². The molecular formula is C12H15Cl2N3S. The van der Waals surface area contributed by atoms with Gasteiger partial charge in [-0.15, -0.1) is 11.6 Å². The topological polar surface area (TPSA) is 30.7 Å². The third-order valence-corrected chi connectivity index (χ3v) is 4.40. The molecule has 0 bridgehead atoms. The maximum atomic E-state index is 5.94. The number of rotatable bonds is 5. The molecule has 0 radical (unpaired) electrons. The van der Waals surface area contributed by atoms with Crippen molar-refractivity contribution in [2.75, 3.05) is 6.26 Å². The number of nitrogens with zero attached hydrogens (tertiary/aromatic N) is 3. The Kier molecular flexibility index (Phi) is 4.76. The number of fused-ring (bicyclic) bond motifs is 1. The van der Waals surface area contributed by atoms with Gasteiger partial charge in [0, 0.05) is 18.0 Å². The molecule has 2 rings (SSSR count). The van der Waals surface area contributed by atoms with Crippen LogP contribution in [0.3, 0.4) is 0 Å². The van der Waals surface area contributed by atoms with Gasteiger partial charge in [0.25, 0.3) is 0 Å². The highest BCUT2D eigenvalue weighted by atomic mass is 35.5. The Morgan fingerprint density at radius 1 is 1.50 bits per heavy atom. The average Bonchev–Trinajstić information content (AvgIpc) is 2.72. The fourth-order valence-electron chi connectivity index (χ4n) is 1.80. The number of imidazole rings is 1. The lowest BCUT2D eigenvalue weighted by Crippen LogP contribution is -2.08. The molecule has 1 unspecified atom stereocenters. The Morgan fingerprint density at radius 2 is 2.28 bits per heavy atom. The molecule has 0 aliphatic rings. The van der Waals surface area contributed by atoms with Crippen LogP contribution in [-0.2, 0) is 12.4 Å². The van der Waals surface area contributed by atoms with Crippen LogP contribution in [0.4, 0.5) is 0 Å². The SMILES string of the molecule is CSC(C)CCn1c(CCl)nc2cc(Cl)cnc21. The fraction of sp³-hybridized carbons (Fsp3) is 0.500. The van der Waals surface area contributed by atoms with Crippen LogP contribution < -0.4 is 0 Å². The zero-order valence-corrected chi connectivity index (χ0v) is 12.7. The minimum absolute atomic E-state index is 0.391. The van der Waals surface area contributed by atoms with Crippen LogP contribution in [0.15, 0.2) is 12.3 Å². The summed E-state index contributed by atoms with van der Waals surface area (Å²) in [5, 5.41) is 1.21. The van der Waals surface area contributed by atoms with E-state index in [1.54, 1.807) is 6.20 Å². The van der Waals surface area contributed by atoms with Gasteiger partial charge in [-0.1, -0.05) is 18.5 Å². The summed E-state index contributed by atoms with van der Waals surface area (Å²) in [6, 6.07) is 1.83. The first kappa shape index (κ1) is 14.0. The van der Waals surface area contributed by atoms with E-state index in [-0.39, 0.29) is 0 Å². The van der Waals surface area contributed by atoms with E-state index < -0.39 is 0 Å². The van der Waals surface area contributed by atoms with Crippen LogP contribution in [0, 0.1) is 0 Å². The Hall–Kier alpha value is -0.450. The zero-order valence-electron chi connectivity index (χ0n) is 10.4. The quantitative estimate of drug-likeness (QED) is 0.783. The van der Waals surface area contributed by atoms with E-state index in [1.165, 1.54) is 0 Å². The molecule has 0 aliphatic carbocycles. The van der Waals surface area contributed by atoms with E-state index in [9.17, 15) is 0 Å². The van der Waals surface area contributed by atoms with E-state index in [0.29, 0.717) is 16.2 Å². The highest BCUT2D eigenvalue weighted by Gasteiger charge is 2.12. The molecule has 0 saturated carbocycles. The summed E-state index contributed by atoms with van der Waals surface area (Å²) in [4.78, 5) is 8.83. The lowest BCUT2D eigenvalue weighted by atomic mass is 10.3. The number of hydrogen-bond acceptors (Lipinski definition) is 3. The summed E-state index contributed by atoms with van der Waals surface area (Å²) in [7, 11) is 0. The van der Waals surface area contributed by atoms with E-state index in [2.05, 4.69) is 27.7 Å². The predicted molar refractivity (Wildman–Crippen MR) is 79.7 cm³/mol. The molecule has 2 aromatic rings. The van der Waals surface area contributed by atoms with Crippen LogP contribution in [-0.4, -0.2) is 26.0 Å². The van der Waals surface area contributed by atoms with Crippen molar-refractivity contribution in [1.29, 1.82) is 0 Å². The van der Waals surface area contributed by atoms with Crippen molar-refractivity contribution in [3.05, 3.63) is 23.1 Å². The maximum Gasteiger partial charge on any atom is 0.160 e. The van der Waals surface area contributed by atoms with Crippen LogP contribution in [0.2, 0.25) is 5.02 Å². The molecule has 6 heteroatoms. The molecular weight excluding hydrogens is 289 g/mol. The first-order valence-corrected chi connectivity index (χ1v) is 7.95. The number of alkyl halides is 1. The first-order chi connectivity index (χ1) is 8.65. The van der Waals surface area contributed by atoms with Crippen molar-refractivity contribution in [3.63, 3.8) is 0 Å². The standard InChI is InChI=1S/C12H15Cl2N3S/c1-8(18-2)3-4-17-11(6-13)16-10-5-9(14)7-15-12(10)17/h5,7-8H,3-4,6H2,1-2H3. The molecule has 0 saturated heterocycles. The predicted octanol–water partition coefficient (Wildman–Crippen LogP) is 3.97. The number of hydrogen-bond donors (Lipinski definition) is 0. The highest BCUT2D eigenvalue weighted by Crippen LogP contribution is 2.21. The van der Waals surface area contributed by atoms with Gasteiger partial charge >= 0.3 is 0 Å². The second-order valence-electron chi connectivity index (χ2n) is 4.14. The second kappa shape index (κ2) is 6.13. The van der Waals surface area contributed by atoms with Crippen molar-refractivity contribution in [2.24, 2.45) is 0 Å². The Labute approximate surface area is 121 Å². The molecule has 0 N–H and O–H groups in total. The van der Waals surface area contributed by atoms with Gasteiger partial charge < -0.3 is 4.57 Å². The Balaban J connectivity index is 2.34. The van der Waals surface area contributed by atoms with Crippen LogP contribution in [0.1, 0.15) is 19.2 Å². The van der Waals surface area contributed by atoms with Crippen molar-refractivity contribution in [2.45, 2.75) is 31.0 Å². The summed E-state index contributed by atoms with van der Waals surface area (Å²) in [6.45, 7) is 3.10. The largest absolute Gasteiger partial charge is 0.312 e. The first-order valence-electron chi connectivity index (χ1n) is 5.75. The van der Waals surface area contributed by atoms with Gasteiger partial charge in [-0.3, -0.25) is 0 Å². The summed E-state index contributed by atoms with van der Waals surface area (Å²) in [5.74, 6) is 1.25. The van der Waals surface area contributed by atoms with Crippen LogP contribution >= 0.6 is 35.0 Å². The third kappa shape index (κ3) is 2.92. The Bertz CT molecular complexity index is 541. The Morgan fingerprint density at radius 3 is 2.94 bits per heavy atom. The van der Waals surface area contributed by atoms with E-state index in [4.69, 9.17) is 23.2 Å². The van der Waals surface area contributed by atoms with Crippen molar-refractivity contribution < 1.29 is 0 Å². The second-order valence-corrected chi connectivity index (χ2v) is 6.12. The van der Waals surface area contributed by atoms with Gasteiger partial charge in [-0.25, -0.2) is 9.97 Å². The lowest BCUT2D eigenvalue weighted by molar-refractivity contribution is 0.632.